The van der Waals surface area contributed by atoms with Gasteiger partial charge in [-0.1, -0.05) is 67.6 Å². The number of fused-ring (bicyclic) bond motifs is 3. The number of anilines is 1. The SMILES string of the molecule is CC(CNC(=O)/C=C/c1ccc(NC(=O)OCC2c3ccccc3-c3ccccc32)cc1)C(=O)O. The number of ether oxygens (including phenoxy) is 1. The average molecular weight is 471 g/mol. The molecule has 0 saturated heterocycles. The molecule has 3 aromatic rings. The van der Waals surface area contributed by atoms with Gasteiger partial charge in [0.05, 0.1) is 5.92 Å². The van der Waals surface area contributed by atoms with Crippen molar-refractivity contribution in [3.63, 3.8) is 0 Å². The van der Waals surface area contributed by atoms with Crippen molar-refractivity contribution in [3.8, 4) is 11.1 Å². The van der Waals surface area contributed by atoms with Crippen molar-refractivity contribution in [2.24, 2.45) is 5.92 Å². The van der Waals surface area contributed by atoms with E-state index in [1.165, 1.54) is 24.1 Å². The van der Waals surface area contributed by atoms with Gasteiger partial charge in [0.15, 0.2) is 0 Å². The second-order valence-corrected chi connectivity index (χ2v) is 8.39. The van der Waals surface area contributed by atoms with E-state index in [9.17, 15) is 14.4 Å². The third-order valence-corrected chi connectivity index (χ3v) is 5.93. The summed E-state index contributed by atoms with van der Waals surface area (Å²) < 4.78 is 5.56. The van der Waals surface area contributed by atoms with Crippen LogP contribution in [0.5, 0.6) is 0 Å². The average Bonchev–Trinajstić information content (AvgIpc) is 3.19. The highest BCUT2D eigenvalue weighted by molar-refractivity contribution is 5.92. The molecular formula is C28H26N2O5. The first-order valence-electron chi connectivity index (χ1n) is 11.3. The van der Waals surface area contributed by atoms with E-state index in [1.807, 2.05) is 24.3 Å². The number of amides is 2. The quantitative estimate of drug-likeness (QED) is 0.406. The van der Waals surface area contributed by atoms with E-state index in [0.29, 0.717) is 5.69 Å². The number of carboxylic acids is 1. The standard InChI is InChI=1S/C28H26N2O5/c1-18(27(32)33)16-29-26(31)15-12-19-10-13-20(14-11-19)30-28(34)35-17-25-23-8-4-2-6-21(23)22-7-3-5-9-24(22)25/h2-15,18,25H,16-17H2,1H3,(H,29,31)(H,30,34)(H,32,33)/b15-12+. The Kier molecular flexibility index (Phi) is 7.26. The van der Waals surface area contributed by atoms with E-state index < -0.39 is 18.0 Å². The minimum absolute atomic E-state index is 0.00899. The lowest BCUT2D eigenvalue weighted by Crippen LogP contribution is -2.30. The Morgan fingerprint density at radius 3 is 2.14 bits per heavy atom. The molecule has 35 heavy (non-hydrogen) atoms. The normalized spacial score (nSPS) is 13.1. The molecule has 7 nitrogen and oxygen atoms in total. The first-order chi connectivity index (χ1) is 16.9. The van der Waals surface area contributed by atoms with Crippen molar-refractivity contribution in [3.05, 3.63) is 95.6 Å². The van der Waals surface area contributed by atoms with Gasteiger partial charge in [-0.25, -0.2) is 4.79 Å². The summed E-state index contributed by atoms with van der Waals surface area (Å²) in [6, 6.07) is 23.3. The molecule has 178 valence electrons. The number of nitrogens with one attached hydrogen (secondary N) is 2. The molecule has 4 rings (SSSR count). The summed E-state index contributed by atoms with van der Waals surface area (Å²) in [5, 5.41) is 14.1. The second-order valence-electron chi connectivity index (χ2n) is 8.39. The number of hydrogen-bond donors (Lipinski definition) is 3. The number of carbonyl (C=O) groups is 3. The van der Waals surface area contributed by atoms with E-state index in [2.05, 4.69) is 34.9 Å². The predicted octanol–water partition coefficient (Wildman–Crippen LogP) is 4.90. The highest BCUT2D eigenvalue weighted by atomic mass is 16.5. The molecule has 0 saturated carbocycles. The predicted molar refractivity (Wildman–Crippen MR) is 134 cm³/mol. The van der Waals surface area contributed by atoms with Gasteiger partial charge in [-0.2, -0.15) is 0 Å². The molecule has 0 spiro atoms. The lowest BCUT2D eigenvalue weighted by atomic mass is 9.98. The lowest BCUT2D eigenvalue weighted by Gasteiger charge is -2.14. The van der Waals surface area contributed by atoms with Crippen LogP contribution in [-0.4, -0.2) is 36.2 Å². The van der Waals surface area contributed by atoms with Crippen molar-refractivity contribution < 1.29 is 24.2 Å². The summed E-state index contributed by atoms with van der Waals surface area (Å²) in [7, 11) is 0. The van der Waals surface area contributed by atoms with E-state index in [0.717, 1.165) is 16.7 Å². The zero-order chi connectivity index (χ0) is 24.8. The molecular weight excluding hydrogens is 444 g/mol. The van der Waals surface area contributed by atoms with Crippen molar-refractivity contribution >= 4 is 29.7 Å². The molecule has 0 bridgehead atoms. The maximum atomic E-state index is 12.4. The number of hydrogen-bond acceptors (Lipinski definition) is 4. The Morgan fingerprint density at radius 1 is 0.943 bits per heavy atom. The molecule has 1 aliphatic carbocycles. The third-order valence-electron chi connectivity index (χ3n) is 5.93. The van der Waals surface area contributed by atoms with E-state index in [1.54, 1.807) is 30.3 Å². The fraction of sp³-hybridized carbons (Fsp3) is 0.179. The number of carbonyl (C=O) groups excluding carboxylic acids is 2. The Balaban J connectivity index is 1.29. The molecule has 3 N–H and O–H groups in total. The van der Waals surface area contributed by atoms with Crippen molar-refractivity contribution in [2.45, 2.75) is 12.8 Å². The topological polar surface area (TPSA) is 105 Å². The van der Waals surface area contributed by atoms with E-state index >= 15 is 0 Å². The van der Waals surface area contributed by atoms with Crippen LogP contribution >= 0.6 is 0 Å². The van der Waals surface area contributed by atoms with Gasteiger partial charge in [-0.15, -0.1) is 0 Å². The summed E-state index contributed by atoms with van der Waals surface area (Å²) >= 11 is 0. The zero-order valence-electron chi connectivity index (χ0n) is 19.2. The zero-order valence-corrected chi connectivity index (χ0v) is 19.2. The number of rotatable bonds is 8. The van der Waals surface area contributed by atoms with E-state index in [-0.39, 0.29) is 25.0 Å². The first kappa shape index (κ1) is 23.8. The van der Waals surface area contributed by atoms with Gasteiger partial charge in [-0.05, 0) is 46.0 Å². The minimum atomic E-state index is -0.964. The summed E-state index contributed by atoms with van der Waals surface area (Å²) in [6.07, 6.45) is 2.41. The fourth-order valence-corrected chi connectivity index (χ4v) is 4.00. The number of carboxylic acid groups (broad SMARTS) is 1. The smallest absolute Gasteiger partial charge is 0.411 e. The van der Waals surface area contributed by atoms with E-state index in [4.69, 9.17) is 9.84 Å². The van der Waals surface area contributed by atoms with Gasteiger partial charge in [0.25, 0.3) is 0 Å². The second kappa shape index (κ2) is 10.7. The molecule has 1 atom stereocenters. The van der Waals surface area contributed by atoms with Gasteiger partial charge < -0.3 is 15.2 Å². The van der Waals surface area contributed by atoms with Crippen LogP contribution in [0.4, 0.5) is 10.5 Å². The van der Waals surface area contributed by atoms with Gasteiger partial charge in [-0.3, -0.25) is 14.9 Å². The van der Waals surface area contributed by atoms with Crippen molar-refractivity contribution in [2.75, 3.05) is 18.5 Å². The summed E-state index contributed by atoms with van der Waals surface area (Å²) in [6.45, 7) is 1.81. The molecule has 0 heterocycles. The summed E-state index contributed by atoms with van der Waals surface area (Å²) in [4.78, 5) is 35.0. The number of aliphatic carboxylic acids is 1. The summed E-state index contributed by atoms with van der Waals surface area (Å²) in [5.74, 6) is -2.01. The third kappa shape index (κ3) is 5.76. The maximum absolute atomic E-state index is 12.4. The molecule has 2 amide bonds. The van der Waals surface area contributed by atoms with Crippen LogP contribution in [0.3, 0.4) is 0 Å². The van der Waals surface area contributed by atoms with Gasteiger partial charge >= 0.3 is 12.1 Å². The highest BCUT2D eigenvalue weighted by Gasteiger charge is 2.29. The molecule has 0 radical (unpaired) electrons. The molecule has 7 heteroatoms. The van der Waals surface area contributed by atoms with Crippen molar-refractivity contribution in [1.29, 1.82) is 0 Å². The van der Waals surface area contributed by atoms with Crippen LogP contribution < -0.4 is 10.6 Å². The molecule has 0 aliphatic heterocycles. The van der Waals surface area contributed by atoms with Crippen LogP contribution in [-0.2, 0) is 14.3 Å². The van der Waals surface area contributed by atoms with Crippen LogP contribution in [0.2, 0.25) is 0 Å². The minimum Gasteiger partial charge on any atom is -0.481 e. The van der Waals surface area contributed by atoms with Gasteiger partial charge in [0.2, 0.25) is 5.91 Å². The Hall–Kier alpha value is -4.39. The van der Waals surface area contributed by atoms with Crippen LogP contribution in [0.1, 0.15) is 29.5 Å². The van der Waals surface area contributed by atoms with Crippen LogP contribution in [0.25, 0.3) is 17.2 Å². The Morgan fingerprint density at radius 2 is 1.54 bits per heavy atom. The number of benzene rings is 3. The molecule has 3 aromatic carbocycles. The monoisotopic (exact) mass is 470 g/mol. The molecule has 0 aromatic heterocycles. The highest BCUT2D eigenvalue weighted by Crippen LogP contribution is 2.44. The van der Waals surface area contributed by atoms with Crippen molar-refractivity contribution in [1.82, 2.24) is 5.32 Å². The van der Waals surface area contributed by atoms with Crippen LogP contribution in [0.15, 0.2) is 78.9 Å². The first-order valence-corrected chi connectivity index (χ1v) is 11.3. The van der Waals surface area contributed by atoms with Crippen LogP contribution in [0, 0.1) is 5.92 Å². The lowest BCUT2D eigenvalue weighted by molar-refractivity contribution is -0.141. The summed E-state index contributed by atoms with van der Waals surface area (Å²) in [5.41, 5.74) is 5.97. The Bertz CT molecular complexity index is 1220. The van der Waals surface area contributed by atoms with Gasteiger partial charge in [0, 0.05) is 24.2 Å². The fourth-order valence-electron chi connectivity index (χ4n) is 4.00. The Labute approximate surface area is 203 Å². The molecule has 1 unspecified atom stereocenters. The maximum Gasteiger partial charge on any atom is 0.411 e. The van der Waals surface area contributed by atoms with Gasteiger partial charge in [0.1, 0.15) is 6.61 Å². The largest absolute Gasteiger partial charge is 0.481 e. The molecule has 0 fully saturated rings. The molecule has 1 aliphatic rings.